The molecular weight excluding hydrogens is 299 g/mol. The summed E-state index contributed by atoms with van der Waals surface area (Å²) in [4.78, 5) is 10.5. The standard InChI is InChI=1S/C8H5F9O2/c1-3(4(18)19-2)5(9,10)6(11,12)7(13,14)8(15,16)17/h1H2,2H3. The minimum absolute atomic E-state index is 0.420. The highest BCUT2D eigenvalue weighted by Crippen LogP contribution is 2.54. The summed E-state index contributed by atoms with van der Waals surface area (Å²) >= 11 is 0. The minimum atomic E-state index is -7.07. The van der Waals surface area contributed by atoms with Gasteiger partial charge in [0.05, 0.1) is 7.11 Å². The van der Waals surface area contributed by atoms with Crippen molar-refractivity contribution in [3.63, 3.8) is 0 Å². The number of esters is 1. The molecule has 2 nitrogen and oxygen atoms in total. The molecule has 0 saturated carbocycles. The number of methoxy groups -OCH3 is 1. The first-order valence-electron chi connectivity index (χ1n) is 4.12. The maximum atomic E-state index is 12.9. The molecule has 0 radical (unpaired) electrons. The van der Waals surface area contributed by atoms with Crippen LogP contribution in [-0.2, 0) is 9.53 Å². The number of ether oxygens (including phenoxy) is 1. The predicted molar refractivity (Wildman–Crippen MR) is 42.1 cm³/mol. The highest BCUT2D eigenvalue weighted by atomic mass is 19.4. The summed E-state index contributed by atoms with van der Waals surface area (Å²) in [6, 6.07) is 0. The fourth-order valence-electron chi connectivity index (χ4n) is 0.816. The summed E-state index contributed by atoms with van der Waals surface area (Å²) in [6.07, 6.45) is -6.95. The van der Waals surface area contributed by atoms with Crippen LogP contribution in [0.4, 0.5) is 39.5 Å². The third-order valence-electron chi connectivity index (χ3n) is 1.96. The lowest BCUT2D eigenvalue weighted by molar-refractivity contribution is -0.389. The molecule has 0 rings (SSSR count). The van der Waals surface area contributed by atoms with E-state index in [9.17, 15) is 44.3 Å². The lowest BCUT2D eigenvalue weighted by Crippen LogP contribution is -2.61. The Bertz CT molecular complexity index is 382. The molecule has 112 valence electrons. The summed E-state index contributed by atoms with van der Waals surface area (Å²) in [5.74, 6) is -22.4. The molecule has 0 spiro atoms. The van der Waals surface area contributed by atoms with Crippen LogP contribution in [0, 0.1) is 0 Å². The maximum Gasteiger partial charge on any atom is 0.460 e. The van der Waals surface area contributed by atoms with Crippen LogP contribution < -0.4 is 0 Å². The number of carbonyl (C=O) groups is 1. The second kappa shape index (κ2) is 4.60. The van der Waals surface area contributed by atoms with Crippen LogP contribution in [0.15, 0.2) is 12.2 Å². The van der Waals surface area contributed by atoms with Gasteiger partial charge in [-0.25, -0.2) is 4.79 Å². The Balaban J connectivity index is 5.77. The Morgan fingerprint density at radius 3 is 1.53 bits per heavy atom. The zero-order valence-corrected chi connectivity index (χ0v) is 8.93. The monoisotopic (exact) mass is 304 g/mol. The van der Waals surface area contributed by atoms with Gasteiger partial charge in [0.15, 0.2) is 0 Å². The first kappa shape index (κ1) is 17.6. The van der Waals surface area contributed by atoms with E-state index in [1.807, 2.05) is 0 Å². The summed E-state index contributed by atoms with van der Waals surface area (Å²) in [5.41, 5.74) is -2.52. The molecular formula is C8H5F9O2. The Labute approximate surface area is 99.4 Å². The predicted octanol–water partition coefficient (Wildman–Crippen LogP) is 3.18. The van der Waals surface area contributed by atoms with Crippen molar-refractivity contribution in [1.29, 1.82) is 0 Å². The van der Waals surface area contributed by atoms with E-state index in [2.05, 4.69) is 11.3 Å². The molecule has 0 aromatic heterocycles. The van der Waals surface area contributed by atoms with E-state index in [0.717, 1.165) is 0 Å². The molecule has 0 N–H and O–H groups in total. The zero-order chi connectivity index (χ0) is 15.9. The van der Waals surface area contributed by atoms with Crippen LogP contribution in [-0.4, -0.2) is 37.0 Å². The van der Waals surface area contributed by atoms with Crippen molar-refractivity contribution in [3.8, 4) is 0 Å². The Kier molecular flexibility index (Phi) is 4.26. The Morgan fingerprint density at radius 1 is 0.895 bits per heavy atom. The van der Waals surface area contributed by atoms with E-state index >= 15 is 0 Å². The van der Waals surface area contributed by atoms with Crippen molar-refractivity contribution in [2.45, 2.75) is 23.9 Å². The summed E-state index contributed by atoms with van der Waals surface area (Å²) in [7, 11) is 0.420. The average molecular weight is 304 g/mol. The van der Waals surface area contributed by atoms with Crippen LogP contribution in [0.1, 0.15) is 0 Å². The number of hydrogen-bond acceptors (Lipinski definition) is 2. The molecule has 0 unspecified atom stereocenters. The van der Waals surface area contributed by atoms with Gasteiger partial charge in [-0.15, -0.1) is 0 Å². The second-order valence-corrected chi connectivity index (χ2v) is 3.19. The van der Waals surface area contributed by atoms with Gasteiger partial charge in [-0.05, 0) is 0 Å². The highest BCUT2D eigenvalue weighted by molar-refractivity contribution is 5.89. The summed E-state index contributed by atoms with van der Waals surface area (Å²) in [6.45, 7) is 2.05. The third kappa shape index (κ3) is 2.50. The van der Waals surface area contributed by atoms with Gasteiger partial charge in [0.25, 0.3) is 0 Å². The van der Waals surface area contributed by atoms with Gasteiger partial charge in [-0.1, -0.05) is 6.58 Å². The summed E-state index contributed by atoms with van der Waals surface area (Å²) < 4.78 is 115. The molecule has 11 heteroatoms. The molecule has 0 bridgehead atoms. The van der Waals surface area contributed by atoms with Gasteiger partial charge < -0.3 is 4.74 Å². The molecule has 0 heterocycles. The van der Waals surface area contributed by atoms with Crippen LogP contribution in [0.5, 0.6) is 0 Å². The lowest BCUT2D eigenvalue weighted by Gasteiger charge is -2.33. The fraction of sp³-hybridized carbons (Fsp3) is 0.625. The topological polar surface area (TPSA) is 26.3 Å². The third-order valence-corrected chi connectivity index (χ3v) is 1.96. The zero-order valence-electron chi connectivity index (χ0n) is 8.93. The quantitative estimate of drug-likeness (QED) is 0.453. The molecule has 0 aromatic rings. The fourth-order valence-corrected chi connectivity index (χ4v) is 0.816. The lowest BCUT2D eigenvalue weighted by atomic mass is 9.98. The van der Waals surface area contributed by atoms with Crippen LogP contribution in [0.3, 0.4) is 0 Å². The summed E-state index contributed by atoms with van der Waals surface area (Å²) in [5, 5.41) is 0. The van der Waals surface area contributed by atoms with Crippen molar-refractivity contribution in [1.82, 2.24) is 0 Å². The highest BCUT2D eigenvalue weighted by Gasteiger charge is 2.82. The molecule has 0 amide bonds. The van der Waals surface area contributed by atoms with Crippen molar-refractivity contribution in [3.05, 3.63) is 12.2 Å². The smallest absolute Gasteiger partial charge is 0.460 e. The number of rotatable bonds is 4. The number of alkyl halides is 9. The second-order valence-electron chi connectivity index (χ2n) is 3.19. The van der Waals surface area contributed by atoms with E-state index in [0.29, 0.717) is 7.11 Å². The number of halogens is 9. The molecule has 0 aromatic carbocycles. The van der Waals surface area contributed by atoms with E-state index < -0.39 is 35.5 Å². The first-order valence-corrected chi connectivity index (χ1v) is 4.12. The molecule has 0 aliphatic rings. The van der Waals surface area contributed by atoms with E-state index in [-0.39, 0.29) is 0 Å². The van der Waals surface area contributed by atoms with Crippen LogP contribution in [0.25, 0.3) is 0 Å². The molecule has 0 atom stereocenters. The van der Waals surface area contributed by atoms with Crippen LogP contribution in [0.2, 0.25) is 0 Å². The van der Waals surface area contributed by atoms with E-state index in [4.69, 9.17) is 0 Å². The average Bonchev–Trinajstić information content (AvgIpc) is 2.24. The van der Waals surface area contributed by atoms with Gasteiger partial charge in [0.2, 0.25) is 0 Å². The maximum absolute atomic E-state index is 12.9. The van der Waals surface area contributed by atoms with E-state index in [1.54, 1.807) is 0 Å². The van der Waals surface area contributed by atoms with Gasteiger partial charge in [-0.2, -0.15) is 39.5 Å². The molecule has 19 heavy (non-hydrogen) atoms. The first-order chi connectivity index (χ1) is 8.14. The largest absolute Gasteiger partial charge is 0.466 e. The molecule has 0 aliphatic heterocycles. The normalized spacial score (nSPS) is 14.2. The molecule has 0 fully saturated rings. The Morgan fingerprint density at radius 2 is 1.26 bits per heavy atom. The van der Waals surface area contributed by atoms with E-state index in [1.165, 1.54) is 0 Å². The molecule has 0 saturated heterocycles. The van der Waals surface area contributed by atoms with Crippen LogP contribution >= 0.6 is 0 Å². The number of hydrogen-bond donors (Lipinski definition) is 0. The number of carbonyl (C=O) groups excluding carboxylic acids is 1. The van der Waals surface area contributed by atoms with Gasteiger partial charge >= 0.3 is 29.9 Å². The van der Waals surface area contributed by atoms with Gasteiger partial charge in [0, 0.05) is 0 Å². The minimum Gasteiger partial charge on any atom is -0.466 e. The van der Waals surface area contributed by atoms with Crippen molar-refractivity contribution < 1.29 is 49.0 Å². The molecule has 0 aliphatic carbocycles. The Hall–Kier alpha value is -1.42. The van der Waals surface area contributed by atoms with Crippen molar-refractivity contribution in [2.75, 3.05) is 7.11 Å². The SMILES string of the molecule is C=C(C(=O)OC)C(F)(F)C(F)(F)C(F)(F)C(F)(F)F. The van der Waals surface area contributed by atoms with Gasteiger partial charge in [-0.3, -0.25) is 0 Å². The van der Waals surface area contributed by atoms with Crippen molar-refractivity contribution in [2.24, 2.45) is 0 Å². The van der Waals surface area contributed by atoms with Crippen molar-refractivity contribution >= 4 is 5.97 Å². The van der Waals surface area contributed by atoms with Gasteiger partial charge in [0.1, 0.15) is 5.57 Å².